The fourth-order valence-corrected chi connectivity index (χ4v) is 3.29. The van der Waals surface area contributed by atoms with E-state index in [0.717, 1.165) is 40.3 Å². The van der Waals surface area contributed by atoms with Crippen molar-refractivity contribution >= 4 is 6.08 Å². The third-order valence-corrected chi connectivity index (χ3v) is 5.13. The Kier molecular flexibility index (Phi) is 8.42. The summed E-state index contributed by atoms with van der Waals surface area (Å²) in [6.07, 6.45) is 4.00. The highest BCUT2D eigenvalue weighted by atomic mass is 19.3. The van der Waals surface area contributed by atoms with Gasteiger partial charge in [0.1, 0.15) is 0 Å². The maximum Gasteiger partial charge on any atom is 0.270 e. The van der Waals surface area contributed by atoms with Gasteiger partial charge in [-0.05, 0) is 78.9 Å². The first-order chi connectivity index (χ1) is 15.5. The van der Waals surface area contributed by atoms with Crippen LogP contribution in [0.5, 0.6) is 0 Å². The van der Waals surface area contributed by atoms with Crippen LogP contribution < -0.4 is 0 Å². The summed E-state index contributed by atoms with van der Waals surface area (Å²) in [5.41, 5.74) is 6.54. The molecule has 0 spiro atoms. The largest absolute Gasteiger partial charge is 0.270 e. The normalized spacial score (nSPS) is 9.88. The monoisotopic (exact) mass is 424 g/mol. The molecule has 0 amide bonds. The Labute approximate surface area is 190 Å². The zero-order valence-electron chi connectivity index (χ0n) is 18.5. The Hall–Kier alpha value is -3.62. The van der Waals surface area contributed by atoms with Crippen LogP contribution in [0.25, 0.3) is 6.08 Å². The van der Waals surface area contributed by atoms with Crippen LogP contribution in [0.2, 0.25) is 0 Å². The van der Waals surface area contributed by atoms with Crippen LogP contribution in [-0.4, -0.2) is 0 Å². The van der Waals surface area contributed by atoms with Crippen molar-refractivity contribution in [3.8, 4) is 23.7 Å². The second-order valence-electron chi connectivity index (χ2n) is 7.74. The molecule has 0 atom stereocenters. The van der Waals surface area contributed by atoms with Crippen LogP contribution in [-0.2, 0) is 6.42 Å². The summed E-state index contributed by atoms with van der Waals surface area (Å²) < 4.78 is 24.6. The maximum absolute atomic E-state index is 12.3. The standard InChI is InChI=1S/C30H26F2/c1-3-4-5-6-24-7-9-25(10-8-24)11-14-27-18-20-29(23(2)21-27)19-17-26-12-15-28(16-13-26)22-30(31)32/h7-10,12-13,15-16,18,20-22H,3-6H2,1-2H3. The first-order valence-electron chi connectivity index (χ1n) is 10.9. The molecule has 0 saturated heterocycles. The number of rotatable bonds is 5. The number of halogens is 2. The molecule has 0 saturated carbocycles. The van der Waals surface area contributed by atoms with Crippen molar-refractivity contribution in [3.05, 3.63) is 112 Å². The molecule has 0 nitrogen and oxygen atoms in total. The highest BCUT2D eigenvalue weighted by Gasteiger charge is 1.98. The first-order valence-corrected chi connectivity index (χ1v) is 10.9. The zero-order valence-corrected chi connectivity index (χ0v) is 18.5. The number of hydrogen-bond acceptors (Lipinski definition) is 0. The maximum atomic E-state index is 12.3. The fourth-order valence-electron chi connectivity index (χ4n) is 3.29. The van der Waals surface area contributed by atoms with Crippen LogP contribution >= 0.6 is 0 Å². The van der Waals surface area contributed by atoms with Crippen molar-refractivity contribution in [1.82, 2.24) is 0 Å². The summed E-state index contributed by atoms with van der Waals surface area (Å²) in [6, 6.07) is 21.2. The van der Waals surface area contributed by atoms with Crippen molar-refractivity contribution in [3.63, 3.8) is 0 Å². The van der Waals surface area contributed by atoms with Crippen LogP contribution in [0.3, 0.4) is 0 Å². The van der Waals surface area contributed by atoms with E-state index in [-0.39, 0.29) is 0 Å². The summed E-state index contributed by atoms with van der Waals surface area (Å²) in [7, 11) is 0. The summed E-state index contributed by atoms with van der Waals surface area (Å²) in [6.45, 7) is 4.23. The average Bonchev–Trinajstić information content (AvgIpc) is 2.79. The molecule has 0 aliphatic rings. The first kappa shape index (κ1) is 23.1. The molecule has 0 aliphatic carbocycles. The van der Waals surface area contributed by atoms with Gasteiger partial charge in [-0.1, -0.05) is 67.7 Å². The van der Waals surface area contributed by atoms with Gasteiger partial charge in [-0.3, -0.25) is 0 Å². The lowest BCUT2D eigenvalue weighted by atomic mass is 10.0. The molecule has 160 valence electrons. The van der Waals surface area contributed by atoms with E-state index >= 15 is 0 Å². The molecule has 3 rings (SSSR count). The SMILES string of the molecule is CCCCCc1ccc(C#Cc2ccc(C#Cc3ccc(C=C(F)F)cc3)c(C)c2)cc1. The molecule has 0 fully saturated rings. The van der Waals surface area contributed by atoms with Gasteiger partial charge in [0.05, 0.1) is 0 Å². The lowest BCUT2D eigenvalue weighted by Gasteiger charge is -2.01. The third kappa shape index (κ3) is 7.26. The van der Waals surface area contributed by atoms with Gasteiger partial charge in [0.15, 0.2) is 0 Å². The molecular weight excluding hydrogens is 398 g/mol. The number of aryl methyl sites for hydroxylation is 2. The van der Waals surface area contributed by atoms with E-state index in [4.69, 9.17) is 0 Å². The Bertz CT molecular complexity index is 1190. The van der Waals surface area contributed by atoms with Crippen LogP contribution in [0.1, 0.15) is 65.1 Å². The van der Waals surface area contributed by atoms with Crippen LogP contribution in [0, 0.1) is 30.6 Å². The van der Waals surface area contributed by atoms with E-state index in [9.17, 15) is 8.78 Å². The molecule has 32 heavy (non-hydrogen) atoms. The smallest absolute Gasteiger partial charge is 0.173 e. The minimum atomic E-state index is -1.71. The molecule has 2 heteroatoms. The minimum absolute atomic E-state index is 0.459. The number of hydrogen-bond donors (Lipinski definition) is 0. The van der Waals surface area contributed by atoms with Gasteiger partial charge in [-0.25, -0.2) is 0 Å². The topological polar surface area (TPSA) is 0 Å². The summed E-state index contributed by atoms with van der Waals surface area (Å²) in [5.74, 6) is 12.7. The van der Waals surface area contributed by atoms with Gasteiger partial charge < -0.3 is 0 Å². The van der Waals surface area contributed by atoms with E-state index in [1.54, 1.807) is 24.3 Å². The number of benzene rings is 3. The molecule has 0 heterocycles. The van der Waals surface area contributed by atoms with E-state index in [1.807, 2.05) is 25.1 Å². The molecule has 3 aromatic carbocycles. The Morgan fingerprint density at radius 1 is 0.750 bits per heavy atom. The summed E-state index contributed by atoms with van der Waals surface area (Å²) in [5, 5.41) is 0. The van der Waals surface area contributed by atoms with E-state index in [1.165, 1.54) is 24.8 Å². The van der Waals surface area contributed by atoms with Crippen LogP contribution in [0.4, 0.5) is 8.78 Å². The van der Waals surface area contributed by atoms with Crippen molar-refractivity contribution < 1.29 is 8.78 Å². The molecule has 0 aliphatic heterocycles. The molecule has 0 aromatic heterocycles. The van der Waals surface area contributed by atoms with E-state index < -0.39 is 6.08 Å². The second kappa shape index (κ2) is 11.7. The molecule has 0 unspecified atom stereocenters. The fraction of sp³-hybridized carbons (Fsp3) is 0.200. The van der Waals surface area contributed by atoms with Gasteiger partial charge in [-0.15, -0.1) is 0 Å². The van der Waals surface area contributed by atoms with Gasteiger partial charge in [0, 0.05) is 28.3 Å². The van der Waals surface area contributed by atoms with Gasteiger partial charge in [0.25, 0.3) is 6.08 Å². The molecule has 0 N–H and O–H groups in total. The van der Waals surface area contributed by atoms with Gasteiger partial charge in [0.2, 0.25) is 0 Å². The van der Waals surface area contributed by atoms with Gasteiger partial charge >= 0.3 is 0 Å². The van der Waals surface area contributed by atoms with Crippen LogP contribution in [0.15, 0.2) is 72.8 Å². The molecule has 0 radical (unpaired) electrons. The highest BCUT2D eigenvalue weighted by molar-refractivity contribution is 5.54. The lowest BCUT2D eigenvalue weighted by molar-refractivity contribution is 0.429. The van der Waals surface area contributed by atoms with Gasteiger partial charge in [-0.2, -0.15) is 8.78 Å². The highest BCUT2D eigenvalue weighted by Crippen LogP contribution is 2.13. The molecular formula is C30H26F2. The van der Waals surface area contributed by atoms with Crippen molar-refractivity contribution in [2.45, 2.75) is 39.5 Å². The Morgan fingerprint density at radius 2 is 1.34 bits per heavy atom. The van der Waals surface area contributed by atoms with E-state index in [0.29, 0.717) is 5.56 Å². The molecule has 0 bridgehead atoms. The summed E-state index contributed by atoms with van der Waals surface area (Å²) >= 11 is 0. The lowest BCUT2D eigenvalue weighted by Crippen LogP contribution is -1.86. The zero-order chi connectivity index (χ0) is 22.8. The summed E-state index contributed by atoms with van der Waals surface area (Å²) in [4.78, 5) is 0. The molecule has 3 aromatic rings. The average molecular weight is 425 g/mol. The van der Waals surface area contributed by atoms with Crippen molar-refractivity contribution in [1.29, 1.82) is 0 Å². The Balaban J connectivity index is 1.66. The van der Waals surface area contributed by atoms with Crippen molar-refractivity contribution in [2.75, 3.05) is 0 Å². The predicted octanol–water partition coefficient (Wildman–Crippen LogP) is 7.76. The second-order valence-corrected chi connectivity index (χ2v) is 7.74. The van der Waals surface area contributed by atoms with E-state index in [2.05, 4.69) is 54.9 Å². The minimum Gasteiger partial charge on any atom is -0.173 e. The third-order valence-electron chi connectivity index (χ3n) is 5.13. The number of unbranched alkanes of at least 4 members (excludes halogenated alkanes) is 2. The van der Waals surface area contributed by atoms with Crippen molar-refractivity contribution in [2.24, 2.45) is 0 Å². The predicted molar refractivity (Wildman–Crippen MR) is 129 cm³/mol. The quantitative estimate of drug-likeness (QED) is 0.290. The Morgan fingerprint density at radius 3 is 1.97 bits per heavy atom.